The minimum Gasteiger partial charge on any atom is -0.462 e. The number of benzene rings is 1. The van der Waals surface area contributed by atoms with E-state index in [-0.39, 0.29) is 5.97 Å². The second-order valence-corrected chi connectivity index (χ2v) is 4.39. The van der Waals surface area contributed by atoms with Crippen LogP contribution in [0.2, 0.25) is 0 Å². The van der Waals surface area contributed by atoms with Gasteiger partial charge < -0.3 is 9.72 Å². The second kappa shape index (κ2) is 6.24. The second-order valence-electron chi connectivity index (χ2n) is 4.39. The third kappa shape index (κ3) is 3.13. The van der Waals surface area contributed by atoms with Gasteiger partial charge in [-0.3, -0.25) is 0 Å². The Morgan fingerprint density at radius 3 is 3.06 bits per heavy atom. The average Bonchev–Trinajstić information content (AvgIpc) is 2.85. The molecule has 0 aliphatic heterocycles. The monoisotopic (exact) mass is 244 g/mol. The summed E-state index contributed by atoms with van der Waals surface area (Å²) in [5.41, 5.74) is 1.50. The van der Waals surface area contributed by atoms with Crippen molar-refractivity contribution >= 4 is 16.9 Å². The van der Waals surface area contributed by atoms with Crippen LogP contribution in [0.3, 0.4) is 0 Å². The molecule has 0 bridgehead atoms. The van der Waals surface area contributed by atoms with E-state index in [9.17, 15) is 4.79 Å². The van der Waals surface area contributed by atoms with Crippen LogP contribution in [0.15, 0.2) is 24.4 Å². The molecule has 1 radical (unpaired) electrons. The normalized spacial score (nSPS) is 10.7. The van der Waals surface area contributed by atoms with Crippen LogP contribution in [0, 0.1) is 6.07 Å². The quantitative estimate of drug-likeness (QED) is 0.621. The molecule has 0 amide bonds. The molecule has 1 N–H and O–H groups in total. The topological polar surface area (TPSA) is 42.1 Å². The first-order valence-corrected chi connectivity index (χ1v) is 6.47. The predicted octanol–water partition coefficient (Wildman–Crippen LogP) is 3.71. The smallest absolute Gasteiger partial charge is 0.338 e. The van der Waals surface area contributed by atoms with Crippen molar-refractivity contribution < 1.29 is 9.53 Å². The van der Waals surface area contributed by atoms with E-state index in [0.717, 1.165) is 23.7 Å². The maximum atomic E-state index is 11.8. The first-order valence-electron chi connectivity index (χ1n) is 6.47. The fraction of sp³-hybridized carbons (Fsp3) is 0.400. The highest BCUT2D eigenvalue weighted by molar-refractivity contribution is 5.94. The summed E-state index contributed by atoms with van der Waals surface area (Å²) >= 11 is 0. The van der Waals surface area contributed by atoms with Crippen LogP contribution in [-0.4, -0.2) is 17.6 Å². The summed E-state index contributed by atoms with van der Waals surface area (Å²) in [7, 11) is 0. The lowest BCUT2D eigenvalue weighted by Crippen LogP contribution is -2.06. The van der Waals surface area contributed by atoms with Crippen LogP contribution in [-0.2, 0) is 4.74 Å². The molecule has 0 saturated carbocycles. The van der Waals surface area contributed by atoms with Crippen LogP contribution in [0.1, 0.15) is 43.0 Å². The van der Waals surface area contributed by atoms with Crippen LogP contribution >= 0.6 is 0 Å². The van der Waals surface area contributed by atoms with Gasteiger partial charge in [0.1, 0.15) is 0 Å². The molecule has 3 heteroatoms. The van der Waals surface area contributed by atoms with Crippen LogP contribution in [0.5, 0.6) is 0 Å². The van der Waals surface area contributed by atoms with Gasteiger partial charge in [-0.25, -0.2) is 4.79 Å². The third-order valence-corrected chi connectivity index (χ3v) is 2.94. The number of carbonyl (C=O) groups excluding carboxylic acids is 1. The Kier molecular flexibility index (Phi) is 4.40. The molecule has 0 spiro atoms. The van der Waals surface area contributed by atoms with Crippen molar-refractivity contribution in [2.45, 2.75) is 32.6 Å². The van der Waals surface area contributed by atoms with Crippen molar-refractivity contribution in [2.75, 3.05) is 6.61 Å². The lowest BCUT2D eigenvalue weighted by Gasteiger charge is -2.04. The van der Waals surface area contributed by atoms with Crippen molar-refractivity contribution in [1.29, 1.82) is 0 Å². The molecule has 3 nitrogen and oxygen atoms in total. The number of hydrogen-bond acceptors (Lipinski definition) is 2. The van der Waals surface area contributed by atoms with Gasteiger partial charge in [0.2, 0.25) is 0 Å². The molecule has 1 heterocycles. The number of ether oxygens (including phenoxy) is 1. The molecule has 2 aromatic rings. The Morgan fingerprint density at radius 1 is 1.33 bits per heavy atom. The number of fused-ring (bicyclic) bond motifs is 1. The largest absolute Gasteiger partial charge is 0.462 e. The van der Waals surface area contributed by atoms with Crippen LogP contribution in [0.25, 0.3) is 10.9 Å². The summed E-state index contributed by atoms with van der Waals surface area (Å²) in [5.74, 6) is -0.247. The molecule has 0 fully saturated rings. The number of nitrogens with one attached hydrogen (secondary N) is 1. The summed E-state index contributed by atoms with van der Waals surface area (Å²) in [5, 5.41) is 0.981. The Bertz CT molecular complexity index is 516. The molecular formula is C15H18NO2. The molecule has 0 aliphatic rings. The molecule has 18 heavy (non-hydrogen) atoms. The van der Waals surface area contributed by atoms with Gasteiger partial charge in [0.25, 0.3) is 0 Å². The molecule has 0 unspecified atom stereocenters. The highest BCUT2D eigenvalue weighted by atomic mass is 16.5. The van der Waals surface area contributed by atoms with Crippen LogP contribution < -0.4 is 0 Å². The highest BCUT2D eigenvalue weighted by Crippen LogP contribution is 2.14. The lowest BCUT2D eigenvalue weighted by molar-refractivity contribution is 0.0498. The number of hydrogen-bond donors (Lipinski definition) is 1. The van der Waals surface area contributed by atoms with E-state index in [1.165, 1.54) is 12.8 Å². The van der Waals surface area contributed by atoms with Crippen molar-refractivity contribution in [2.24, 2.45) is 0 Å². The van der Waals surface area contributed by atoms with Gasteiger partial charge in [-0.15, -0.1) is 0 Å². The van der Waals surface area contributed by atoms with E-state index in [4.69, 9.17) is 4.74 Å². The molecule has 2 rings (SSSR count). The predicted molar refractivity (Wildman–Crippen MR) is 71.6 cm³/mol. The summed E-state index contributed by atoms with van der Waals surface area (Å²) in [6.45, 7) is 2.67. The van der Waals surface area contributed by atoms with Crippen molar-refractivity contribution in [3.63, 3.8) is 0 Å². The van der Waals surface area contributed by atoms with Gasteiger partial charge in [-0.2, -0.15) is 0 Å². The summed E-state index contributed by atoms with van der Waals surface area (Å²) in [6, 6.07) is 8.50. The number of aromatic nitrogens is 1. The first kappa shape index (κ1) is 12.7. The van der Waals surface area contributed by atoms with Gasteiger partial charge in [-0.1, -0.05) is 32.3 Å². The van der Waals surface area contributed by atoms with Gasteiger partial charge in [0, 0.05) is 23.2 Å². The van der Waals surface area contributed by atoms with Crippen LogP contribution in [0.4, 0.5) is 0 Å². The number of H-pyrrole nitrogens is 1. The number of carbonyl (C=O) groups is 1. The van der Waals surface area contributed by atoms with Crippen molar-refractivity contribution in [3.05, 3.63) is 36.0 Å². The fourth-order valence-corrected chi connectivity index (χ4v) is 1.89. The summed E-state index contributed by atoms with van der Waals surface area (Å²) in [6.07, 6.45) is 6.19. The van der Waals surface area contributed by atoms with Gasteiger partial charge in [-0.05, 0) is 18.6 Å². The van der Waals surface area contributed by atoms with E-state index >= 15 is 0 Å². The first-order chi connectivity index (χ1) is 8.81. The Hall–Kier alpha value is -1.77. The van der Waals surface area contributed by atoms with E-state index in [1.54, 1.807) is 18.3 Å². The van der Waals surface area contributed by atoms with E-state index in [0.29, 0.717) is 12.2 Å². The molecular weight excluding hydrogens is 226 g/mol. The molecule has 1 aromatic heterocycles. The van der Waals surface area contributed by atoms with E-state index in [1.807, 2.05) is 6.07 Å². The van der Waals surface area contributed by atoms with Crippen molar-refractivity contribution in [1.82, 2.24) is 4.98 Å². The lowest BCUT2D eigenvalue weighted by atomic mass is 10.1. The van der Waals surface area contributed by atoms with Crippen molar-refractivity contribution in [3.8, 4) is 0 Å². The number of rotatable bonds is 6. The number of esters is 1. The van der Waals surface area contributed by atoms with E-state index < -0.39 is 0 Å². The van der Waals surface area contributed by atoms with Gasteiger partial charge >= 0.3 is 5.97 Å². The SMILES string of the molecule is CCCCCCOC(=O)c1ccc2[c]c[nH]c2c1. The zero-order valence-electron chi connectivity index (χ0n) is 10.7. The maximum Gasteiger partial charge on any atom is 0.338 e. The summed E-state index contributed by atoms with van der Waals surface area (Å²) < 4.78 is 5.24. The van der Waals surface area contributed by atoms with Gasteiger partial charge in [0.05, 0.1) is 12.2 Å². The summed E-state index contributed by atoms with van der Waals surface area (Å²) in [4.78, 5) is 14.8. The average molecular weight is 244 g/mol. The Balaban J connectivity index is 1.88. The third-order valence-electron chi connectivity index (χ3n) is 2.94. The Labute approximate surface area is 107 Å². The molecule has 1 aromatic carbocycles. The zero-order valence-corrected chi connectivity index (χ0v) is 10.7. The minimum absolute atomic E-state index is 0.247. The zero-order chi connectivity index (χ0) is 12.8. The standard InChI is InChI=1S/C15H18NO2/c1-2-3-4-5-10-18-15(17)13-7-6-12-8-9-16-14(12)11-13/h6-7,9,11,16H,2-5,10H2,1H3. The molecule has 0 saturated heterocycles. The Morgan fingerprint density at radius 2 is 2.22 bits per heavy atom. The molecule has 0 aliphatic carbocycles. The molecule has 95 valence electrons. The minimum atomic E-state index is -0.247. The number of unbranched alkanes of at least 4 members (excludes halogenated alkanes) is 3. The number of aromatic amines is 1. The highest BCUT2D eigenvalue weighted by Gasteiger charge is 2.07. The fourth-order valence-electron chi connectivity index (χ4n) is 1.89. The van der Waals surface area contributed by atoms with E-state index in [2.05, 4.69) is 18.0 Å². The molecule has 0 atom stereocenters. The van der Waals surface area contributed by atoms with Gasteiger partial charge in [0.15, 0.2) is 0 Å². The maximum absolute atomic E-state index is 11.8.